The average molecular weight is 975 g/mol. The summed E-state index contributed by atoms with van der Waals surface area (Å²) in [7, 11) is -3.34. The van der Waals surface area contributed by atoms with E-state index in [0.29, 0.717) is 18.1 Å². The van der Waals surface area contributed by atoms with Crippen molar-refractivity contribution in [2.45, 2.75) is 132 Å². The number of methoxy groups -OCH3 is 1. The van der Waals surface area contributed by atoms with Crippen molar-refractivity contribution >= 4 is 34.7 Å². The van der Waals surface area contributed by atoms with Crippen LogP contribution in [-0.4, -0.2) is 56.7 Å². The fourth-order valence-electron chi connectivity index (χ4n) is 9.63. The quantitative estimate of drug-likeness (QED) is 0.0466. The molecule has 3 aromatic carbocycles. The number of esters is 1. The maximum Gasteiger partial charge on any atom is 2.00 e. The number of carbonyl (C=O) groups excluding carboxylic acids is 2. The monoisotopic (exact) mass is 974 g/mol. The minimum Gasteiger partial charge on any atom is -0.460 e. The third-order valence-electron chi connectivity index (χ3n) is 12.3. The molecule has 0 aromatic heterocycles. The Bertz CT molecular complexity index is 2270. The molecule has 3 aromatic rings. The Hall–Kier alpha value is -3.84. The molecule has 5 aliphatic rings. The van der Waals surface area contributed by atoms with E-state index in [9.17, 15) is 9.59 Å². The minimum absolute atomic E-state index is 0. The second kappa shape index (κ2) is 26.1. The molecule has 2 saturated carbocycles. The molecule has 0 N–H and O–H groups in total. The first-order chi connectivity index (χ1) is 29.3. The van der Waals surface area contributed by atoms with Crippen LogP contribution in [0.25, 0.3) is 16.7 Å². The summed E-state index contributed by atoms with van der Waals surface area (Å²) in [6.45, 7) is 20.0. The number of benzene rings is 3. The van der Waals surface area contributed by atoms with E-state index in [2.05, 4.69) is 101 Å². The van der Waals surface area contributed by atoms with Gasteiger partial charge in [-0.05, 0) is 95.4 Å². The molecule has 0 atom stereocenters. The van der Waals surface area contributed by atoms with Crippen molar-refractivity contribution in [2.75, 3.05) is 38.3 Å². The van der Waals surface area contributed by atoms with Crippen LogP contribution in [0.15, 0.2) is 60.7 Å². The third kappa shape index (κ3) is 14.6. The summed E-state index contributed by atoms with van der Waals surface area (Å²) in [6.07, 6.45) is 18.1. The SMILES string of the molecule is C.C1CCCC1.CCN1c2cc3c(cc2C(C)=CC1(C)C)C(c1ccccc1C(=O)OCCOC)=c1cc2c(cc1O3)=[N+](CC)C(C)(C)C=C2C.O=CC1CCCC1.[CH3-].[CH3-].[Fe+2].[O-][Cl+3]([O-])([O-])[O-]. The summed E-state index contributed by atoms with van der Waals surface area (Å²) >= 11 is 0. The number of anilines is 1. The normalized spacial score (nSPS) is 17.0. The van der Waals surface area contributed by atoms with E-state index in [-0.39, 0.29) is 63.0 Å². The molecule has 2 aliphatic carbocycles. The van der Waals surface area contributed by atoms with Gasteiger partial charge in [0, 0.05) is 72.7 Å². The Morgan fingerprint density at radius 3 is 1.92 bits per heavy atom. The number of ether oxygens (including phenoxy) is 3. The topological polar surface area (TPSA) is 160 Å². The van der Waals surface area contributed by atoms with Crippen LogP contribution in [0, 0.1) is 31.0 Å². The van der Waals surface area contributed by atoms with Crippen molar-refractivity contribution in [3.8, 4) is 11.5 Å². The smallest absolute Gasteiger partial charge is 0.460 e. The zero-order chi connectivity index (χ0) is 45.4. The molecule has 0 spiro atoms. The van der Waals surface area contributed by atoms with Gasteiger partial charge in [-0.2, -0.15) is 0 Å². The molecule has 0 saturated heterocycles. The molecular formula is C53H75ClFeN2O9. The van der Waals surface area contributed by atoms with Crippen LogP contribution in [-0.2, 0) is 31.3 Å². The molecule has 11 nitrogen and oxygen atoms in total. The van der Waals surface area contributed by atoms with Gasteiger partial charge < -0.3 is 38.8 Å². The largest absolute Gasteiger partial charge is 2.00 e. The van der Waals surface area contributed by atoms with Gasteiger partial charge in [-0.25, -0.2) is 28.0 Å². The number of halogens is 1. The second-order valence-corrected chi connectivity index (χ2v) is 18.4. The number of hydrogen-bond acceptors (Lipinski definition) is 10. The first kappa shape index (κ1) is 60.2. The first-order valence-corrected chi connectivity index (χ1v) is 23.3. The van der Waals surface area contributed by atoms with Gasteiger partial charge in [0.05, 0.1) is 23.8 Å². The molecule has 3 aliphatic heterocycles. The molecule has 366 valence electrons. The van der Waals surface area contributed by atoms with Crippen LogP contribution in [0.4, 0.5) is 5.69 Å². The molecule has 66 heavy (non-hydrogen) atoms. The zero-order valence-corrected chi connectivity index (χ0v) is 42.3. The van der Waals surface area contributed by atoms with E-state index in [1.807, 2.05) is 24.3 Å². The number of carbonyl (C=O) groups is 2. The maximum atomic E-state index is 13.5. The van der Waals surface area contributed by atoms with Crippen molar-refractivity contribution in [1.82, 2.24) is 4.58 Å². The van der Waals surface area contributed by atoms with Gasteiger partial charge in [0.25, 0.3) is 0 Å². The summed E-state index contributed by atoms with van der Waals surface area (Å²) in [5.74, 6) is 1.62. The summed E-state index contributed by atoms with van der Waals surface area (Å²) in [4.78, 5) is 26.0. The maximum absolute atomic E-state index is 13.5. The third-order valence-corrected chi connectivity index (χ3v) is 12.3. The number of aldehydes is 1. The summed E-state index contributed by atoms with van der Waals surface area (Å²) in [5, 5.41) is 2.12. The van der Waals surface area contributed by atoms with Gasteiger partial charge in [-0.1, -0.05) is 76.6 Å². The summed E-state index contributed by atoms with van der Waals surface area (Å²) in [5.41, 5.74) is 8.97. The predicted molar refractivity (Wildman–Crippen MR) is 253 cm³/mol. The van der Waals surface area contributed by atoms with E-state index in [0.717, 1.165) is 76.7 Å². The molecule has 0 radical (unpaired) electrons. The molecule has 2 fully saturated rings. The Labute approximate surface area is 408 Å². The first-order valence-electron chi connectivity index (χ1n) is 22.0. The van der Waals surface area contributed by atoms with Crippen LogP contribution >= 0.6 is 0 Å². The molecule has 8 rings (SSSR count). The van der Waals surface area contributed by atoms with Crippen LogP contribution in [0.5, 0.6) is 11.5 Å². The van der Waals surface area contributed by atoms with Crippen LogP contribution in [0.1, 0.15) is 153 Å². The Morgan fingerprint density at radius 1 is 0.818 bits per heavy atom. The van der Waals surface area contributed by atoms with E-state index in [4.69, 9.17) is 32.8 Å². The molecule has 0 bridgehead atoms. The van der Waals surface area contributed by atoms with E-state index in [1.54, 1.807) is 7.11 Å². The van der Waals surface area contributed by atoms with Crippen molar-refractivity contribution in [2.24, 2.45) is 5.92 Å². The standard InChI is InChI=1S/C39H45N2O4.C6H10O.C5H10.CH4.2CH3.ClHO4.Fe/c1-10-40-32-20-34-30(18-28(32)24(3)22-38(40,5)6)36(26-14-12-13-15-27(26)37(42)44-17-16-43-9)31-19-29-25(4)23-39(7,8)41(11-2)33(29)21-35(31)45-34;7-5-6-3-1-2-4-6;1-2-4-5-3-1;;;;2-1(3,4)5;/h12-15,18-23H,10-11,16-17H2,1-9H3;5-6H,1-4H2;1-5H2;1H4;2*1H3;(H,2,3,4,5);/q+1;;;;2*-1;;+2/p-1. The van der Waals surface area contributed by atoms with Gasteiger partial charge in [0.2, 0.25) is 5.36 Å². The number of likely N-dealkylation sites (N-methyl/N-ethyl adjacent to an activating group) is 2. The second-order valence-electron chi connectivity index (χ2n) is 17.7. The van der Waals surface area contributed by atoms with Crippen molar-refractivity contribution in [1.29, 1.82) is 0 Å². The van der Waals surface area contributed by atoms with Gasteiger partial charge in [-0.3, -0.25) is 0 Å². The average Bonchev–Trinajstić information content (AvgIpc) is 3.97. The number of hydrogen-bond donors (Lipinski definition) is 0. The minimum atomic E-state index is -4.94. The Kier molecular flexibility index (Phi) is 23.8. The molecule has 0 amide bonds. The predicted octanol–water partition coefficient (Wildman–Crippen LogP) is 6.68. The van der Waals surface area contributed by atoms with Crippen molar-refractivity contribution in [3.05, 3.63) is 114 Å². The fourth-order valence-corrected chi connectivity index (χ4v) is 9.63. The van der Waals surface area contributed by atoms with Gasteiger partial charge >= 0.3 is 23.0 Å². The number of allylic oxidation sites excluding steroid dienone is 2. The molecule has 0 unspecified atom stereocenters. The zero-order valence-electron chi connectivity index (χ0n) is 40.4. The van der Waals surface area contributed by atoms with E-state index < -0.39 is 10.2 Å². The summed E-state index contributed by atoms with van der Waals surface area (Å²) in [6, 6.07) is 16.6. The summed E-state index contributed by atoms with van der Waals surface area (Å²) < 4.78 is 54.1. The number of nitrogens with zero attached hydrogens (tertiary/aromatic N) is 2. The van der Waals surface area contributed by atoms with Crippen molar-refractivity contribution in [3.63, 3.8) is 0 Å². The van der Waals surface area contributed by atoms with Crippen LogP contribution in [0.2, 0.25) is 0 Å². The molecular weight excluding hydrogens is 900 g/mol. The van der Waals surface area contributed by atoms with Gasteiger partial charge in [0.15, 0.2) is 5.54 Å². The fraction of sp³-hybridized carbons (Fsp3) is 0.491. The van der Waals surface area contributed by atoms with E-state index in [1.165, 1.54) is 67.2 Å². The Morgan fingerprint density at radius 2 is 1.39 bits per heavy atom. The number of rotatable bonds is 8. The number of fused-ring (bicyclic) bond motifs is 4. The van der Waals surface area contributed by atoms with E-state index >= 15 is 0 Å². The molecule has 13 heteroatoms. The van der Waals surface area contributed by atoms with Gasteiger partial charge in [-0.15, -0.1) is 10.2 Å². The molecule has 3 heterocycles. The Balaban J connectivity index is 0.000000874. The van der Waals surface area contributed by atoms with Crippen molar-refractivity contribution < 1.29 is 69.7 Å². The van der Waals surface area contributed by atoms with Crippen LogP contribution < -0.4 is 43.4 Å². The van der Waals surface area contributed by atoms with Crippen LogP contribution in [0.3, 0.4) is 0 Å². The van der Waals surface area contributed by atoms with Gasteiger partial charge in [0.1, 0.15) is 30.9 Å².